The SMILES string of the molecule is CN1C(=O)C[C@@H](N[C@H]2CCSC2)[C@@H]1c1ccnn1C. The molecule has 0 radical (unpaired) electrons. The number of nitrogens with zero attached hydrogens (tertiary/aromatic N) is 3. The molecular formula is C13H20N4OS. The molecule has 0 unspecified atom stereocenters. The van der Waals surface area contributed by atoms with Gasteiger partial charge in [0.2, 0.25) is 5.91 Å². The molecule has 2 aliphatic heterocycles. The Bertz CT molecular complexity index is 469. The van der Waals surface area contributed by atoms with Gasteiger partial charge in [-0.05, 0) is 18.2 Å². The highest BCUT2D eigenvalue weighted by Crippen LogP contribution is 2.32. The largest absolute Gasteiger partial charge is 0.336 e. The molecule has 3 atom stereocenters. The second kappa shape index (κ2) is 5.17. The summed E-state index contributed by atoms with van der Waals surface area (Å²) in [5.41, 5.74) is 1.11. The van der Waals surface area contributed by atoms with Crippen molar-refractivity contribution in [2.75, 3.05) is 18.6 Å². The molecule has 3 rings (SSSR count). The van der Waals surface area contributed by atoms with Crippen molar-refractivity contribution in [1.82, 2.24) is 20.0 Å². The summed E-state index contributed by atoms with van der Waals surface area (Å²) in [7, 11) is 3.83. The summed E-state index contributed by atoms with van der Waals surface area (Å²) in [6.07, 6.45) is 3.60. The number of amides is 1. The number of aromatic nitrogens is 2. The number of hydrogen-bond acceptors (Lipinski definition) is 4. The van der Waals surface area contributed by atoms with Crippen LogP contribution in [0.1, 0.15) is 24.6 Å². The van der Waals surface area contributed by atoms with Gasteiger partial charge in [-0.1, -0.05) is 0 Å². The summed E-state index contributed by atoms with van der Waals surface area (Å²) in [4.78, 5) is 13.9. The van der Waals surface area contributed by atoms with Crippen LogP contribution in [0.2, 0.25) is 0 Å². The molecule has 2 aliphatic rings. The van der Waals surface area contributed by atoms with Crippen molar-refractivity contribution in [2.45, 2.75) is 31.0 Å². The number of rotatable bonds is 3. The number of aryl methyl sites for hydroxylation is 1. The maximum atomic E-state index is 12.0. The van der Waals surface area contributed by atoms with E-state index in [-0.39, 0.29) is 18.0 Å². The smallest absolute Gasteiger partial charge is 0.224 e. The summed E-state index contributed by atoms with van der Waals surface area (Å²) in [5.74, 6) is 2.60. The average molecular weight is 280 g/mol. The molecule has 0 spiro atoms. The summed E-state index contributed by atoms with van der Waals surface area (Å²) in [6.45, 7) is 0. The molecule has 0 aromatic carbocycles. The molecule has 2 saturated heterocycles. The zero-order chi connectivity index (χ0) is 13.4. The molecule has 1 amide bonds. The van der Waals surface area contributed by atoms with Crippen LogP contribution in [0.25, 0.3) is 0 Å². The first kappa shape index (κ1) is 13.0. The summed E-state index contributed by atoms with van der Waals surface area (Å²) in [6, 6.07) is 2.87. The quantitative estimate of drug-likeness (QED) is 0.889. The second-order valence-corrected chi connectivity index (χ2v) is 6.52. The number of carbonyl (C=O) groups is 1. The molecule has 0 bridgehead atoms. The maximum Gasteiger partial charge on any atom is 0.224 e. The van der Waals surface area contributed by atoms with Gasteiger partial charge in [0.05, 0.1) is 11.7 Å². The molecule has 0 aliphatic carbocycles. The molecule has 6 heteroatoms. The maximum absolute atomic E-state index is 12.0. The van der Waals surface area contributed by atoms with Gasteiger partial charge in [0.15, 0.2) is 0 Å². The van der Waals surface area contributed by atoms with Gasteiger partial charge in [-0.15, -0.1) is 0 Å². The van der Waals surface area contributed by atoms with Crippen LogP contribution in [0.15, 0.2) is 12.3 Å². The van der Waals surface area contributed by atoms with E-state index in [0.29, 0.717) is 12.5 Å². The highest BCUT2D eigenvalue weighted by molar-refractivity contribution is 7.99. The molecule has 104 valence electrons. The fraction of sp³-hybridized carbons (Fsp3) is 0.692. The Morgan fingerprint density at radius 2 is 2.32 bits per heavy atom. The van der Waals surface area contributed by atoms with Crippen LogP contribution in [-0.2, 0) is 11.8 Å². The Labute approximate surface area is 117 Å². The van der Waals surface area contributed by atoms with E-state index in [4.69, 9.17) is 0 Å². The lowest BCUT2D eigenvalue weighted by molar-refractivity contribution is -0.127. The van der Waals surface area contributed by atoms with Crippen LogP contribution in [0, 0.1) is 0 Å². The first-order chi connectivity index (χ1) is 9.16. The highest BCUT2D eigenvalue weighted by Gasteiger charge is 2.40. The van der Waals surface area contributed by atoms with Crippen LogP contribution < -0.4 is 5.32 Å². The van der Waals surface area contributed by atoms with Crippen LogP contribution in [0.5, 0.6) is 0 Å². The van der Waals surface area contributed by atoms with Crippen molar-refractivity contribution in [3.63, 3.8) is 0 Å². The predicted octanol–water partition coefficient (Wildman–Crippen LogP) is 0.787. The van der Waals surface area contributed by atoms with Gasteiger partial charge in [-0.3, -0.25) is 9.48 Å². The van der Waals surface area contributed by atoms with Crippen LogP contribution in [-0.4, -0.2) is 51.2 Å². The lowest BCUT2D eigenvalue weighted by Crippen LogP contribution is -2.42. The standard InChI is InChI=1S/C13H20N4OS/c1-16-12(18)7-10(15-9-4-6-19-8-9)13(16)11-3-5-14-17(11)2/h3,5,9-10,13,15H,4,6-8H2,1-2H3/t9-,10+,13+/m0/s1. The van der Waals surface area contributed by atoms with E-state index >= 15 is 0 Å². The van der Waals surface area contributed by atoms with E-state index in [1.165, 1.54) is 12.2 Å². The summed E-state index contributed by atoms with van der Waals surface area (Å²) in [5, 5.41) is 7.91. The van der Waals surface area contributed by atoms with Gasteiger partial charge < -0.3 is 10.2 Å². The highest BCUT2D eigenvalue weighted by atomic mass is 32.2. The zero-order valence-electron chi connectivity index (χ0n) is 11.4. The topological polar surface area (TPSA) is 50.2 Å². The average Bonchev–Trinajstić information content (AvgIpc) is 3.06. The van der Waals surface area contributed by atoms with Crippen molar-refractivity contribution in [2.24, 2.45) is 7.05 Å². The molecule has 3 heterocycles. The van der Waals surface area contributed by atoms with E-state index in [0.717, 1.165) is 11.4 Å². The first-order valence-electron chi connectivity index (χ1n) is 6.74. The van der Waals surface area contributed by atoms with Crippen LogP contribution in [0.4, 0.5) is 0 Å². The Hall–Kier alpha value is -1.01. The number of likely N-dealkylation sites (N-methyl/N-ethyl adjacent to an activating group) is 1. The van der Waals surface area contributed by atoms with E-state index in [9.17, 15) is 4.79 Å². The number of likely N-dealkylation sites (tertiary alicyclic amines) is 1. The minimum atomic E-state index is 0.102. The van der Waals surface area contributed by atoms with E-state index < -0.39 is 0 Å². The third kappa shape index (κ3) is 2.39. The zero-order valence-corrected chi connectivity index (χ0v) is 12.2. The van der Waals surface area contributed by atoms with Gasteiger partial charge in [0, 0.05) is 44.5 Å². The van der Waals surface area contributed by atoms with Gasteiger partial charge in [-0.25, -0.2) is 0 Å². The van der Waals surface area contributed by atoms with E-state index in [1.54, 1.807) is 6.20 Å². The van der Waals surface area contributed by atoms with E-state index in [2.05, 4.69) is 10.4 Å². The molecule has 2 fully saturated rings. The third-order valence-electron chi connectivity index (χ3n) is 4.13. The lowest BCUT2D eigenvalue weighted by Gasteiger charge is -2.27. The molecule has 1 aromatic rings. The number of thioether (sulfide) groups is 1. The molecule has 19 heavy (non-hydrogen) atoms. The van der Waals surface area contributed by atoms with Gasteiger partial charge in [0.25, 0.3) is 0 Å². The summed E-state index contributed by atoms with van der Waals surface area (Å²) >= 11 is 1.99. The number of carbonyl (C=O) groups excluding carboxylic acids is 1. The minimum Gasteiger partial charge on any atom is -0.336 e. The third-order valence-corrected chi connectivity index (χ3v) is 5.29. The number of hydrogen-bond donors (Lipinski definition) is 1. The Kier molecular flexibility index (Phi) is 3.54. The predicted molar refractivity (Wildman–Crippen MR) is 76.0 cm³/mol. The van der Waals surface area contributed by atoms with E-state index in [1.807, 2.05) is 41.5 Å². The van der Waals surface area contributed by atoms with Gasteiger partial charge >= 0.3 is 0 Å². The summed E-state index contributed by atoms with van der Waals surface area (Å²) < 4.78 is 1.87. The Morgan fingerprint density at radius 3 is 2.95 bits per heavy atom. The van der Waals surface area contributed by atoms with Crippen LogP contribution in [0.3, 0.4) is 0 Å². The van der Waals surface area contributed by atoms with Crippen molar-refractivity contribution < 1.29 is 4.79 Å². The minimum absolute atomic E-state index is 0.102. The fourth-order valence-corrected chi connectivity index (χ4v) is 4.23. The monoisotopic (exact) mass is 280 g/mol. The van der Waals surface area contributed by atoms with Crippen molar-refractivity contribution >= 4 is 17.7 Å². The van der Waals surface area contributed by atoms with Gasteiger partial charge in [-0.2, -0.15) is 16.9 Å². The Morgan fingerprint density at radius 1 is 1.47 bits per heavy atom. The normalized spacial score (nSPS) is 31.4. The van der Waals surface area contributed by atoms with Crippen LogP contribution >= 0.6 is 11.8 Å². The fourth-order valence-electron chi connectivity index (χ4n) is 3.07. The van der Waals surface area contributed by atoms with Gasteiger partial charge in [0.1, 0.15) is 0 Å². The first-order valence-corrected chi connectivity index (χ1v) is 7.89. The van der Waals surface area contributed by atoms with Crippen molar-refractivity contribution in [3.8, 4) is 0 Å². The number of nitrogens with one attached hydrogen (secondary N) is 1. The molecule has 1 aromatic heterocycles. The van der Waals surface area contributed by atoms with Crippen molar-refractivity contribution in [3.05, 3.63) is 18.0 Å². The van der Waals surface area contributed by atoms with Crippen molar-refractivity contribution in [1.29, 1.82) is 0 Å². The lowest BCUT2D eigenvalue weighted by atomic mass is 10.0. The molecule has 1 N–H and O–H groups in total. The Balaban J connectivity index is 1.81. The molecule has 0 saturated carbocycles. The second-order valence-electron chi connectivity index (χ2n) is 5.37. The molecule has 5 nitrogen and oxygen atoms in total. The molecular weight excluding hydrogens is 260 g/mol.